The number of halogens is 2. The molecule has 0 aliphatic rings. The molecule has 0 heterocycles. The Morgan fingerprint density at radius 3 is 2.69 bits per heavy atom. The fourth-order valence-corrected chi connectivity index (χ4v) is 2.10. The van der Waals surface area contributed by atoms with Crippen molar-refractivity contribution in [3.05, 3.63) is 31.4 Å². The molecule has 86 valence electrons. The van der Waals surface area contributed by atoms with Gasteiger partial charge in [0.1, 0.15) is 5.56 Å². The highest BCUT2D eigenvalue weighted by atomic mass is 127. The van der Waals surface area contributed by atoms with Crippen LogP contribution in [0.4, 0.5) is 5.69 Å². The van der Waals surface area contributed by atoms with Crippen LogP contribution in [0, 0.1) is 13.7 Å². The molecule has 0 amide bonds. The third-order valence-corrected chi connectivity index (χ3v) is 3.00. The zero-order chi connectivity index (χ0) is 12.3. The molecule has 1 aromatic carbocycles. The van der Waals surface area contributed by atoms with Crippen LogP contribution in [0.15, 0.2) is 12.1 Å². The summed E-state index contributed by atoms with van der Waals surface area (Å²) in [6, 6.07) is 2.99. The first-order chi connectivity index (χ1) is 7.51. The topological polar surface area (TPSA) is 69.4 Å². The molecule has 0 bridgehead atoms. The summed E-state index contributed by atoms with van der Waals surface area (Å²) in [6.45, 7) is 0. The third kappa shape index (κ3) is 2.70. The van der Waals surface area contributed by atoms with Crippen molar-refractivity contribution >= 4 is 50.0 Å². The van der Waals surface area contributed by atoms with Gasteiger partial charge in [0.15, 0.2) is 11.5 Å². The summed E-state index contributed by atoms with van der Waals surface area (Å²) >= 11 is 4.96. The maximum atomic E-state index is 11.5. The number of ether oxygens (including phenoxy) is 1. The van der Waals surface area contributed by atoms with Gasteiger partial charge in [0.05, 0.1) is 17.4 Å². The summed E-state index contributed by atoms with van der Waals surface area (Å²) in [5.74, 6) is -0.246. The van der Waals surface area contributed by atoms with Crippen molar-refractivity contribution in [2.75, 3.05) is 12.4 Å². The highest BCUT2D eigenvalue weighted by molar-refractivity contribution is 14.1. The second kappa shape index (κ2) is 5.58. The molecule has 16 heavy (non-hydrogen) atoms. The van der Waals surface area contributed by atoms with Gasteiger partial charge in [0.2, 0.25) is 0 Å². The van der Waals surface area contributed by atoms with E-state index in [0.29, 0.717) is 3.57 Å². The molecule has 0 saturated carbocycles. The van der Waals surface area contributed by atoms with Gasteiger partial charge < -0.3 is 4.74 Å². The van der Waals surface area contributed by atoms with E-state index < -0.39 is 4.92 Å². The van der Waals surface area contributed by atoms with Crippen molar-refractivity contribution in [1.29, 1.82) is 0 Å². The molecule has 0 radical (unpaired) electrons. The summed E-state index contributed by atoms with van der Waals surface area (Å²) in [7, 11) is 1.33. The second-order valence-electron chi connectivity index (χ2n) is 2.82. The number of ketones is 1. The molecular formula is C9H7BrINO4. The molecule has 0 aliphatic carbocycles. The molecular weight excluding hydrogens is 393 g/mol. The predicted molar refractivity (Wildman–Crippen MR) is 70.5 cm³/mol. The Bertz CT molecular complexity index is 449. The van der Waals surface area contributed by atoms with Crippen molar-refractivity contribution in [1.82, 2.24) is 0 Å². The lowest BCUT2D eigenvalue weighted by Gasteiger charge is -2.06. The Labute approximate surface area is 114 Å². The Morgan fingerprint density at radius 1 is 1.62 bits per heavy atom. The lowest BCUT2D eigenvalue weighted by Crippen LogP contribution is -2.07. The van der Waals surface area contributed by atoms with Gasteiger partial charge in [0, 0.05) is 9.64 Å². The minimum Gasteiger partial charge on any atom is -0.490 e. The average Bonchev–Trinajstić information content (AvgIpc) is 2.26. The van der Waals surface area contributed by atoms with E-state index in [0.717, 1.165) is 0 Å². The van der Waals surface area contributed by atoms with Crippen molar-refractivity contribution in [2.24, 2.45) is 0 Å². The van der Waals surface area contributed by atoms with Crippen molar-refractivity contribution in [3.8, 4) is 5.75 Å². The van der Waals surface area contributed by atoms with Crippen LogP contribution in [0.25, 0.3) is 0 Å². The number of nitro benzene ring substituents is 1. The molecule has 1 aromatic rings. The number of carbonyl (C=O) groups is 1. The van der Waals surface area contributed by atoms with Gasteiger partial charge in [-0.3, -0.25) is 14.9 Å². The zero-order valence-electron chi connectivity index (χ0n) is 8.20. The fraction of sp³-hybridized carbons (Fsp3) is 0.222. The van der Waals surface area contributed by atoms with Crippen LogP contribution < -0.4 is 4.74 Å². The van der Waals surface area contributed by atoms with Crippen LogP contribution in [0.2, 0.25) is 0 Å². The highest BCUT2D eigenvalue weighted by Gasteiger charge is 2.25. The Morgan fingerprint density at radius 2 is 2.25 bits per heavy atom. The molecule has 0 N–H and O–H groups in total. The van der Waals surface area contributed by atoms with Crippen LogP contribution >= 0.6 is 38.5 Å². The number of hydrogen-bond donors (Lipinski definition) is 0. The summed E-state index contributed by atoms with van der Waals surface area (Å²) in [5, 5.41) is 10.9. The van der Waals surface area contributed by atoms with E-state index in [1.54, 1.807) is 0 Å². The van der Waals surface area contributed by atoms with Gasteiger partial charge in [-0.2, -0.15) is 0 Å². The summed E-state index contributed by atoms with van der Waals surface area (Å²) in [4.78, 5) is 21.8. The maximum absolute atomic E-state index is 11.5. The van der Waals surface area contributed by atoms with Crippen LogP contribution in [0.5, 0.6) is 5.75 Å². The fourth-order valence-electron chi connectivity index (χ4n) is 1.20. The average molecular weight is 400 g/mol. The number of carbonyl (C=O) groups excluding carboxylic acids is 1. The first-order valence-electron chi connectivity index (χ1n) is 4.12. The number of methoxy groups -OCH3 is 1. The standard InChI is InChI=1S/C9H7BrINO4/c1-16-8-3-5(11)2-6(7(13)4-10)9(8)12(14)15/h2-3H,4H2,1H3. The molecule has 0 spiro atoms. The van der Waals surface area contributed by atoms with E-state index in [9.17, 15) is 14.9 Å². The van der Waals surface area contributed by atoms with E-state index in [-0.39, 0.29) is 28.1 Å². The number of hydrogen-bond acceptors (Lipinski definition) is 4. The van der Waals surface area contributed by atoms with Gasteiger partial charge >= 0.3 is 5.69 Å². The summed E-state index contributed by atoms with van der Waals surface area (Å²) in [6.07, 6.45) is 0. The molecule has 0 atom stereocenters. The molecule has 0 aliphatic heterocycles. The van der Waals surface area contributed by atoms with Gasteiger partial charge in [-0.25, -0.2) is 0 Å². The molecule has 1 rings (SSSR count). The SMILES string of the molecule is COc1cc(I)cc(C(=O)CBr)c1[N+](=O)[O-]. The Kier molecular flexibility index (Phi) is 4.66. The first kappa shape index (κ1) is 13.4. The smallest absolute Gasteiger partial charge is 0.321 e. The number of Topliss-reactive ketones (excluding diaryl/α,β-unsaturated/α-hetero) is 1. The monoisotopic (exact) mass is 399 g/mol. The predicted octanol–water partition coefficient (Wildman–Crippen LogP) is 2.79. The van der Waals surface area contributed by atoms with Gasteiger partial charge in [-0.1, -0.05) is 15.9 Å². The van der Waals surface area contributed by atoms with Crippen LogP contribution in [0.3, 0.4) is 0 Å². The normalized spacial score (nSPS) is 9.94. The van der Waals surface area contributed by atoms with Crippen LogP contribution in [-0.4, -0.2) is 23.1 Å². The van der Waals surface area contributed by atoms with Gasteiger partial charge in [0.25, 0.3) is 0 Å². The molecule has 7 heteroatoms. The number of alkyl halides is 1. The number of rotatable bonds is 4. The Balaban J connectivity index is 3.50. The first-order valence-corrected chi connectivity index (χ1v) is 6.32. The van der Waals surface area contributed by atoms with Crippen molar-refractivity contribution < 1.29 is 14.5 Å². The second-order valence-corrected chi connectivity index (χ2v) is 4.62. The lowest BCUT2D eigenvalue weighted by molar-refractivity contribution is -0.386. The third-order valence-electron chi connectivity index (χ3n) is 1.86. The molecule has 0 aromatic heterocycles. The summed E-state index contributed by atoms with van der Waals surface area (Å²) < 4.78 is 5.62. The van der Waals surface area contributed by atoms with Gasteiger partial charge in [-0.05, 0) is 28.7 Å². The van der Waals surface area contributed by atoms with E-state index in [4.69, 9.17) is 4.74 Å². The quantitative estimate of drug-likeness (QED) is 0.256. The lowest BCUT2D eigenvalue weighted by atomic mass is 10.1. The molecule has 0 fully saturated rings. The van der Waals surface area contributed by atoms with Gasteiger partial charge in [-0.15, -0.1) is 0 Å². The number of benzene rings is 1. The summed E-state index contributed by atoms with van der Waals surface area (Å²) in [5.41, 5.74) is -0.224. The Hall–Kier alpha value is -0.700. The minimum absolute atomic E-state index is 0.0388. The van der Waals surface area contributed by atoms with E-state index in [1.807, 2.05) is 22.6 Å². The van der Waals surface area contributed by atoms with E-state index in [2.05, 4.69) is 15.9 Å². The van der Waals surface area contributed by atoms with Crippen molar-refractivity contribution in [3.63, 3.8) is 0 Å². The zero-order valence-corrected chi connectivity index (χ0v) is 11.9. The molecule has 0 unspecified atom stereocenters. The van der Waals surface area contributed by atoms with Crippen molar-refractivity contribution in [2.45, 2.75) is 0 Å². The largest absolute Gasteiger partial charge is 0.490 e. The number of nitro groups is 1. The van der Waals surface area contributed by atoms with E-state index in [1.165, 1.54) is 19.2 Å². The number of nitrogens with zero attached hydrogens (tertiary/aromatic N) is 1. The van der Waals surface area contributed by atoms with Crippen LogP contribution in [0.1, 0.15) is 10.4 Å². The highest BCUT2D eigenvalue weighted by Crippen LogP contribution is 2.33. The molecule has 5 nitrogen and oxygen atoms in total. The maximum Gasteiger partial charge on any atom is 0.321 e. The molecule has 0 saturated heterocycles. The minimum atomic E-state index is -0.606. The van der Waals surface area contributed by atoms with Crippen LogP contribution in [-0.2, 0) is 0 Å². The van der Waals surface area contributed by atoms with E-state index >= 15 is 0 Å².